The van der Waals surface area contributed by atoms with Crippen LogP contribution < -0.4 is 5.32 Å². The van der Waals surface area contributed by atoms with Gasteiger partial charge in [-0.15, -0.1) is 0 Å². The van der Waals surface area contributed by atoms with Crippen molar-refractivity contribution in [2.75, 3.05) is 39.8 Å². The Morgan fingerprint density at radius 1 is 1.05 bits per heavy atom. The number of rotatable bonds is 2. The Kier molecular flexibility index (Phi) is 4.45. The molecule has 3 fully saturated rings. The van der Waals surface area contributed by atoms with E-state index in [1.54, 1.807) is 0 Å². The lowest BCUT2D eigenvalue weighted by atomic mass is 9.80. The first-order chi connectivity index (χ1) is 9.27. The molecule has 3 aliphatic rings. The van der Waals surface area contributed by atoms with Crippen molar-refractivity contribution in [3.05, 3.63) is 0 Å². The summed E-state index contributed by atoms with van der Waals surface area (Å²) >= 11 is 0. The first-order valence-electron chi connectivity index (χ1n) is 8.45. The van der Waals surface area contributed by atoms with Crippen LogP contribution in [0.25, 0.3) is 0 Å². The second-order valence-electron chi connectivity index (χ2n) is 7.13. The molecule has 110 valence electrons. The van der Waals surface area contributed by atoms with E-state index in [1.165, 1.54) is 84.1 Å². The Morgan fingerprint density at radius 2 is 1.89 bits per heavy atom. The second kappa shape index (κ2) is 6.11. The number of piperidine rings is 1. The average Bonchev–Trinajstić information content (AvgIpc) is 2.42. The summed E-state index contributed by atoms with van der Waals surface area (Å²) in [7, 11) is 2.32. The highest BCUT2D eigenvalue weighted by Crippen LogP contribution is 2.31. The third kappa shape index (κ3) is 3.32. The molecule has 1 spiro atoms. The molecular formula is C16H31N3. The Balaban J connectivity index is 1.55. The van der Waals surface area contributed by atoms with Gasteiger partial charge in [0.1, 0.15) is 0 Å². The fourth-order valence-electron chi connectivity index (χ4n) is 4.43. The maximum atomic E-state index is 3.86. The van der Waals surface area contributed by atoms with Crippen LogP contribution in [0.3, 0.4) is 0 Å². The van der Waals surface area contributed by atoms with Gasteiger partial charge >= 0.3 is 0 Å². The normalized spacial score (nSPS) is 33.6. The molecule has 2 aliphatic heterocycles. The first kappa shape index (κ1) is 13.8. The second-order valence-corrected chi connectivity index (χ2v) is 7.13. The molecule has 1 atom stereocenters. The maximum Gasteiger partial charge on any atom is 0.0309 e. The Labute approximate surface area is 118 Å². The van der Waals surface area contributed by atoms with Gasteiger partial charge in [-0.3, -0.25) is 4.90 Å². The fraction of sp³-hybridized carbons (Fsp3) is 1.00. The third-order valence-electron chi connectivity index (χ3n) is 5.66. The largest absolute Gasteiger partial charge is 0.309 e. The van der Waals surface area contributed by atoms with Gasteiger partial charge in [-0.1, -0.05) is 25.7 Å². The van der Waals surface area contributed by atoms with Crippen molar-refractivity contribution in [1.82, 2.24) is 15.1 Å². The van der Waals surface area contributed by atoms with E-state index in [-0.39, 0.29) is 0 Å². The number of piperazine rings is 1. The Hall–Kier alpha value is -0.120. The summed E-state index contributed by atoms with van der Waals surface area (Å²) in [5.74, 6) is 0. The molecule has 2 heterocycles. The standard InChI is InChI=1S/C16H31N3/c1-18-11-6-3-7-15(18)13-19-12-10-17-16(14-19)8-4-2-5-9-16/h15,17H,2-14H2,1H3. The van der Waals surface area contributed by atoms with Crippen LogP contribution in [0.5, 0.6) is 0 Å². The summed E-state index contributed by atoms with van der Waals surface area (Å²) in [5.41, 5.74) is 0.476. The van der Waals surface area contributed by atoms with Crippen molar-refractivity contribution in [3.63, 3.8) is 0 Å². The van der Waals surface area contributed by atoms with Crippen molar-refractivity contribution in [3.8, 4) is 0 Å². The monoisotopic (exact) mass is 265 g/mol. The van der Waals surface area contributed by atoms with Crippen LogP contribution in [0.2, 0.25) is 0 Å². The van der Waals surface area contributed by atoms with Gasteiger partial charge in [-0.05, 0) is 39.3 Å². The van der Waals surface area contributed by atoms with Crippen LogP contribution in [0.1, 0.15) is 51.4 Å². The lowest BCUT2D eigenvalue weighted by Gasteiger charge is -2.48. The zero-order chi connectivity index (χ0) is 13.1. The molecule has 3 rings (SSSR count). The SMILES string of the molecule is CN1CCCCC1CN1CCNC2(CCCCC2)C1. The maximum absolute atomic E-state index is 3.86. The molecule has 0 radical (unpaired) electrons. The predicted octanol–water partition coefficient (Wildman–Crippen LogP) is 2.08. The lowest BCUT2D eigenvalue weighted by Crippen LogP contribution is -2.62. The smallest absolute Gasteiger partial charge is 0.0309 e. The van der Waals surface area contributed by atoms with Gasteiger partial charge in [0.15, 0.2) is 0 Å². The van der Waals surface area contributed by atoms with Crippen LogP contribution in [0, 0.1) is 0 Å². The van der Waals surface area contributed by atoms with Gasteiger partial charge < -0.3 is 10.2 Å². The number of likely N-dealkylation sites (N-methyl/N-ethyl adjacent to an activating group) is 1. The Morgan fingerprint density at radius 3 is 2.68 bits per heavy atom. The van der Waals surface area contributed by atoms with E-state index in [2.05, 4.69) is 22.2 Å². The molecule has 0 aromatic carbocycles. The number of likely N-dealkylation sites (tertiary alicyclic amines) is 1. The number of nitrogens with zero attached hydrogens (tertiary/aromatic N) is 2. The highest BCUT2D eigenvalue weighted by Gasteiger charge is 2.36. The zero-order valence-corrected chi connectivity index (χ0v) is 12.7. The first-order valence-corrected chi connectivity index (χ1v) is 8.45. The summed E-state index contributed by atoms with van der Waals surface area (Å²) < 4.78 is 0. The average molecular weight is 265 g/mol. The third-order valence-corrected chi connectivity index (χ3v) is 5.66. The molecule has 1 unspecified atom stereocenters. The van der Waals surface area contributed by atoms with E-state index in [1.807, 2.05) is 0 Å². The molecule has 3 heteroatoms. The number of nitrogens with one attached hydrogen (secondary N) is 1. The minimum atomic E-state index is 0.476. The van der Waals surface area contributed by atoms with Crippen LogP contribution in [0.4, 0.5) is 0 Å². The van der Waals surface area contributed by atoms with E-state index in [4.69, 9.17) is 0 Å². The molecule has 19 heavy (non-hydrogen) atoms. The fourth-order valence-corrected chi connectivity index (χ4v) is 4.43. The summed E-state index contributed by atoms with van der Waals surface area (Å²) in [5, 5.41) is 3.86. The summed E-state index contributed by atoms with van der Waals surface area (Å²) in [6.07, 6.45) is 11.4. The molecule has 1 saturated carbocycles. The van der Waals surface area contributed by atoms with Gasteiger partial charge in [-0.2, -0.15) is 0 Å². The topological polar surface area (TPSA) is 18.5 Å². The summed E-state index contributed by atoms with van der Waals surface area (Å²) in [6.45, 7) is 6.38. The van der Waals surface area contributed by atoms with E-state index in [0.29, 0.717) is 5.54 Å². The molecule has 0 amide bonds. The predicted molar refractivity (Wildman–Crippen MR) is 80.5 cm³/mol. The van der Waals surface area contributed by atoms with Gasteiger partial charge in [0, 0.05) is 37.8 Å². The van der Waals surface area contributed by atoms with Crippen molar-refractivity contribution >= 4 is 0 Å². The molecule has 1 N–H and O–H groups in total. The van der Waals surface area contributed by atoms with Gasteiger partial charge in [-0.25, -0.2) is 0 Å². The molecular weight excluding hydrogens is 234 g/mol. The van der Waals surface area contributed by atoms with Crippen molar-refractivity contribution < 1.29 is 0 Å². The molecule has 0 bridgehead atoms. The molecule has 1 aliphatic carbocycles. The van der Waals surface area contributed by atoms with Gasteiger partial charge in [0.05, 0.1) is 0 Å². The van der Waals surface area contributed by atoms with Crippen molar-refractivity contribution in [2.24, 2.45) is 0 Å². The quantitative estimate of drug-likeness (QED) is 0.825. The minimum absolute atomic E-state index is 0.476. The van der Waals surface area contributed by atoms with Crippen LogP contribution >= 0.6 is 0 Å². The highest BCUT2D eigenvalue weighted by molar-refractivity contribution is 4.97. The van der Waals surface area contributed by atoms with Crippen molar-refractivity contribution in [1.29, 1.82) is 0 Å². The van der Waals surface area contributed by atoms with E-state index in [0.717, 1.165) is 6.04 Å². The van der Waals surface area contributed by atoms with Gasteiger partial charge in [0.25, 0.3) is 0 Å². The summed E-state index contributed by atoms with van der Waals surface area (Å²) in [4.78, 5) is 5.35. The molecule has 3 nitrogen and oxygen atoms in total. The van der Waals surface area contributed by atoms with Crippen LogP contribution in [-0.4, -0.2) is 61.2 Å². The van der Waals surface area contributed by atoms with E-state index < -0.39 is 0 Å². The van der Waals surface area contributed by atoms with Gasteiger partial charge in [0.2, 0.25) is 0 Å². The number of hydrogen-bond acceptors (Lipinski definition) is 3. The minimum Gasteiger partial charge on any atom is -0.309 e. The van der Waals surface area contributed by atoms with Crippen LogP contribution in [0.15, 0.2) is 0 Å². The lowest BCUT2D eigenvalue weighted by molar-refractivity contribution is 0.0643. The summed E-state index contributed by atoms with van der Waals surface area (Å²) in [6, 6.07) is 0.812. The van der Waals surface area contributed by atoms with E-state index >= 15 is 0 Å². The molecule has 2 saturated heterocycles. The molecule has 0 aromatic heterocycles. The molecule has 0 aromatic rings. The van der Waals surface area contributed by atoms with E-state index in [9.17, 15) is 0 Å². The number of hydrogen-bond donors (Lipinski definition) is 1. The van der Waals surface area contributed by atoms with Crippen LogP contribution in [-0.2, 0) is 0 Å². The Bertz CT molecular complexity index is 280. The zero-order valence-electron chi connectivity index (χ0n) is 12.7. The van der Waals surface area contributed by atoms with Crippen molar-refractivity contribution in [2.45, 2.75) is 62.9 Å². The highest BCUT2D eigenvalue weighted by atomic mass is 15.3.